The number of carboxylic acids is 1. The largest absolute Gasteiger partial charge is 0.507 e. The molecule has 1 fully saturated rings. The van der Waals surface area contributed by atoms with Crippen molar-refractivity contribution in [1.82, 2.24) is 4.90 Å². The minimum atomic E-state index is -0.871. The monoisotopic (exact) mass is 517 g/mol. The first-order valence-corrected chi connectivity index (χ1v) is 13.2. The number of amides is 2. The molecule has 1 aromatic rings. The predicted molar refractivity (Wildman–Crippen MR) is 137 cm³/mol. The number of carbonyl (C=O) groups is 5. The molecule has 1 aromatic carbocycles. The number of rotatable bonds is 7. The van der Waals surface area contributed by atoms with Crippen molar-refractivity contribution in [2.75, 3.05) is 6.54 Å². The summed E-state index contributed by atoms with van der Waals surface area (Å²) in [6, 6.07) is 5.32. The third-order valence-electron chi connectivity index (χ3n) is 8.51. The van der Waals surface area contributed by atoms with Crippen molar-refractivity contribution >= 4 is 29.4 Å². The molecule has 8 nitrogen and oxygen atoms in total. The number of benzene rings is 1. The molecule has 1 heterocycles. The van der Waals surface area contributed by atoms with E-state index in [1.807, 2.05) is 6.08 Å². The van der Waals surface area contributed by atoms with Gasteiger partial charge in [0, 0.05) is 41.2 Å². The molecule has 0 bridgehead atoms. The number of hydrogen-bond acceptors (Lipinski definition) is 6. The number of phenols is 1. The van der Waals surface area contributed by atoms with Crippen LogP contribution in [0.3, 0.4) is 0 Å². The quantitative estimate of drug-likeness (QED) is 0.244. The van der Waals surface area contributed by atoms with Crippen LogP contribution in [0.2, 0.25) is 0 Å². The van der Waals surface area contributed by atoms with E-state index < -0.39 is 29.6 Å². The standard InChI is InChI=1S/C30H31NO7/c1-15-7-6-8-18(27(15)35)24-17-10-11-19-25(20(17)14-21-22(32)13-16(2)28(36)26(21)24)30(38)31(29(19)37)12-5-3-4-9-23(33)34/h6-8,10,13,19-20,24-25,35H,3-5,9,11-12,14H2,1-2H3,(H,33,34)/t19-,20+,24+,25-/m0/s1. The van der Waals surface area contributed by atoms with Gasteiger partial charge in [-0.2, -0.15) is 0 Å². The van der Waals surface area contributed by atoms with E-state index in [-0.39, 0.29) is 48.5 Å². The highest BCUT2D eigenvalue weighted by molar-refractivity contribution is 6.24. The second-order valence-corrected chi connectivity index (χ2v) is 10.8. The third-order valence-corrected chi connectivity index (χ3v) is 8.51. The molecule has 2 amide bonds. The molecule has 8 heteroatoms. The Morgan fingerprint density at radius 1 is 1.03 bits per heavy atom. The number of carbonyl (C=O) groups excluding carboxylic acids is 4. The number of aromatic hydroxyl groups is 1. The number of aryl methyl sites for hydroxylation is 1. The molecule has 2 N–H and O–H groups in total. The van der Waals surface area contributed by atoms with Gasteiger partial charge < -0.3 is 10.2 Å². The van der Waals surface area contributed by atoms with Crippen LogP contribution in [0.4, 0.5) is 0 Å². The Morgan fingerprint density at radius 2 is 1.79 bits per heavy atom. The van der Waals surface area contributed by atoms with Gasteiger partial charge in [0.25, 0.3) is 0 Å². The highest BCUT2D eigenvalue weighted by Crippen LogP contribution is 2.56. The maximum absolute atomic E-state index is 13.7. The van der Waals surface area contributed by atoms with Gasteiger partial charge in [0.15, 0.2) is 11.6 Å². The lowest BCUT2D eigenvalue weighted by Gasteiger charge is -2.42. The first-order valence-electron chi connectivity index (χ1n) is 13.2. The Hall–Kier alpha value is -3.81. The molecule has 198 valence electrons. The molecule has 4 atom stereocenters. The molecule has 3 aliphatic carbocycles. The normalized spacial score (nSPS) is 26.6. The molecule has 0 spiro atoms. The summed E-state index contributed by atoms with van der Waals surface area (Å²) < 4.78 is 0. The topological polar surface area (TPSA) is 129 Å². The van der Waals surface area contributed by atoms with Crippen LogP contribution in [-0.2, 0) is 24.0 Å². The van der Waals surface area contributed by atoms with Crippen LogP contribution in [0.15, 0.2) is 52.6 Å². The summed E-state index contributed by atoms with van der Waals surface area (Å²) in [5, 5.41) is 19.9. The number of phenolic OH excluding ortho intramolecular Hbond substituents is 1. The van der Waals surface area contributed by atoms with E-state index in [0.29, 0.717) is 53.5 Å². The zero-order chi connectivity index (χ0) is 27.3. The zero-order valence-corrected chi connectivity index (χ0v) is 21.5. The first-order chi connectivity index (χ1) is 18.1. The van der Waals surface area contributed by atoms with Crippen LogP contribution < -0.4 is 0 Å². The number of aliphatic carboxylic acids is 1. The molecule has 38 heavy (non-hydrogen) atoms. The summed E-state index contributed by atoms with van der Waals surface area (Å²) in [5.41, 5.74) is 3.05. The second-order valence-electron chi connectivity index (χ2n) is 10.8. The van der Waals surface area contributed by atoms with Gasteiger partial charge in [0.05, 0.1) is 11.8 Å². The molecule has 0 saturated carbocycles. The smallest absolute Gasteiger partial charge is 0.303 e. The van der Waals surface area contributed by atoms with Crippen molar-refractivity contribution in [2.24, 2.45) is 17.8 Å². The summed E-state index contributed by atoms with van der Waals surface area (Å²) in [6.07, 6.45) is 5.48. The molecule has 4 aliphatic rings. The molecule has 1 aliphatic heterocycles. The van der Waals surface area contributed by atoms with Crippen molar-refractivity contribution in [3.05, 3.63) is 63.8 Å². The Labute approximate surface area is 220 Å². The fourth-order valence-electron chi connectivity index (χ4n) is 6.64. The number of unbranched alkanes of at least 4 members (excludes halogenated alkanes) is 2. The summed E-state index contributed by atoms with van der Waals surface area (Å²) in [6.45, 7) is 3.62. The maximum atomic E-state index is 13.7. The van der Waals surface area contributed by atoms with E-state index in [2.05, 4.69) is 0 Å². The first kappa shape index (κ1) is 25.8. The molecule has 0 radical (unpaired) electrons. The third kappa shape index (κ3) is 4.12. The average molecular weight is 518 g/mol. The number of allylic oxidation sites excluding steroid dienone is 6. The van der Waals surface area contributed by atoms with E-state index in [0.717, 1.165) is 5.57 Å². The maximum Gasteiger partial charge on any atom is 0.303 e. The fourth-order valence-corrected chi connectivity index (χ4v) is 6.64. The van der Waals surface area contributed by atoms with Crippen molar-refractivity contribution in [2.45, 2.75) is 58.3 Å². The molecule has 0 unspecified atom stereocenters. The zero-order valence-electron chi connectivity index (χ0n) is 21.5. The number of likely N-dealkylation sites (tertiary alicyclic amines) is 1. The van der Waals surface area contributed by atoms with Crippen LogP contribution >= 0.6 is 0 Å². The Kier molecular flexibility index (Phi) is 6.67. The number of carboxylic acid groups (broad SMARTS) is 1. The number of para-hydroxylation sites is 1. The lowest BCUT2D eigenvalue weighted by atomic mass is 9.59. The van der Waals surface area contributed by atoms with Gasteiger partial charge in [-0.05, 0) is 57.1 Å². The van der Waals surface area contributed by atoms with Gasteiger partial charge in [-0.15, -0.1) is 0 Å². The van der Waals surface area contributed by atoms with Gasteiger partial charge >= 0.3 is 5.97 Å². The number of imide groups is 1. The van der Waals surface area contributed by atoms with Crippen LogP contribution in [0.25, 0.3) is 0 Å². The average Bonchev–Trinajstić information content (AvgIpc) is 3.12. The summed E-state index contributed by atoms with van der Waals surface area (Å²) >= 11 is 0. The SMILES string of the molecule is CC1=CC(=O)C2=C(C1=O)[C@@H](c1cccc(C)c1O)C1=CC[C@@H]3C(=O)N(CCCCCC(=O)O)C(=O)[C@@H]3[C@@H]1C2. The van der Waals surface area contributed by atoms with Crippen LogP contribution in [0.1, 0.15) is 62.5 Å². The Bertz CT molecular complexity index is 1360. The van der Waals surface area contributed by atoms with Crippen LogP contribution in [-0.4, -0.2) is 51.0 Å². The lowest BCUT2D eigenvalue weighted by Crippen LogP contribution is -2.40. The van der Waals surface area contributed by atoms with Crippen molar-refractivity contribution in [3.8, 4) is 5.75 Å². The van der Waals surface area contributed by atoms with E-state index in [9.17, 15) is 29.1 Å². The minimum absolute atomic E-state index is 0.0494. The van der Waals surface area contributed by atoms with E-state index >= 15 is 0 Å². The highest BCUT2D eigenvalue weighted by Gasteiger charge is 2.56. The number of hydrogen-bond donors (Lipinski definition) is 2. The van der Waals surface area contributed by atoms with Crippen molar-refractivity contribution < 1.29 is 34.2 Å². The molecule has 1 saturated heterocycles. The number of ketones is 2. The lowest BCUT2D eigenvalue weighted by molar-refractivity contribution is -0.141. The highest BCUT2D eigenvalue weighted by atomic mass is 16.4. The summed E-state index contributed by atoms with van der Waals surface area (Å²) in [7, 11) is 0. The van der Waals surface area contributed by atoms with E-state index in [1.54, 1.807) is 32.0 Å². The Morgan fingerprint density at radius 3 is 2.53 bits per heavy atom. The molecule has 0 aromatic heterocycles. The van der Waals surface area contributed by atoms with Crippen LogP contribution in [0, 0.1) is 24.7 Å². The van der Waals surface area contributed by atoms with E-state index in [4.69, 9.17) is 5.11 Å². The predicted octanol–water partition coefficient (Wildman–Crippen LogP) is 3.78. The van der Waals surface area contributed by atoms with Gasteiger partial charge in [0.2, 0.25) is 11.8 Å². The number of fused-ring (bicyclic) bond motifs is 3. The summed E-state index contributed by atoms with van der Waals surface area (Å²) in [4.78, 5) is 65.6. The van der Waals surface area contributed by atoms with Gasteiger partial charge in [-0.1, -0.05) is 36.3 Å². The molecular weight excluding hydrogens is 486 g/mol. The summed E-state index contributed by atoms with van der Waals surface area (Å²) in [5.74, 6) is -4.09. The second kappa shape index (κ2) is 9.82. The number of Topliss-reactive ketones (excluding diaryl/α,β-unsaturated/α-hetero) is 1. The number of nitrogens with zero attached hydrogens (tertiary/aromatic N) is 1. The van der Waals surface area contributed by atoms with Crippen LogP contribution in [0.5, 0.6) is 5.75 Å². The van der Waals surface area contributed by atoms with Gasteiger partial charge in [0.1, 0.15) is 5.75 Å². The fraction of sp³-hybridized carbons (Fsp3) is 0.433. The van der Waals surface area contributed by atoms with Gasteiger partial charge in [-0.25, -0.2) is 0 Å². The minimum Gasteiger partial charge on any atom is -0.507 e. The molecule has 5 rings (SSSR count). The Balaban J connectivity index is 1.51. The van der Waals surface area contributed by atoms with E-state index in [1.165, 1.54) is 11.0 Å². The molecular formula is C30H31NO7. The van der Waals surface area contributed by atoms with Gasteiger partial charge in [-0.3, -0.25) is 28.9 Å². The van der Waals surface area contributed by atoms with Crippen molar-refractivity contribution in [3.63, 3.8) is 0 Å². The van der Waals surface area contributed by atoms with Crippen molar-refractivity contribution in [1.29, 1.82) is 0 Å².